The van der Waals surface area contributed by atoms with Crippen molar-refractivity contribution < 1.29 is 9.59 Å². The molecule has 0 atom stereocenters. The third-order valence-corrected chi connectivity index (χ3v) is 3.56. The summed E-state index contributed by atoms with van der Waals surface area (Å²) in [5.41, 5.74) is 1.65. The third kappa shape index (κ3) is 3.57. The van der Waals surface area contributed by atoms with E-state index in [0.717, 1.165) is 10.0 Å². The first-order valence-corrected chi connectivity index (χ1v) is 6.54. The maximum absolute atomic E-state index is 12.2. The topological polar surface area (TPSA) is 49.4 Å². The van der Waals surface area contributed by atoms with E-state index in [1.807, 2.05) is 19.9 Å². The van der Waals surface area contributed by atoms with Crippen LogP contribution in [0.1, 0.15) is 22.8 Å². The van der Waals surface area contributed by atoms with Crippen LogP contribution in [-0.4, -0.2) is 36.9 Å². The van der Waals surface area contributed by atoms with Gasteiger partial charge in [-0.15, -0.1) is 0 Å². The molecule has 0 unspecified atom stereocenters. The van der Waals surface area contributed by atoms with Crippen LogP contribution in [0.4, 0.5) is 0 Å². The van der Waals surface area contributed by atoms with E-state index in [-0.39, 0.29) is 18.4 Å². The number of amides is 2. The number of halogens is 1. The zero-order valence-electron chi connectivity index (χ0n) is 10.8. The van der Waals surface area contributed by atoms with E-state index in [1.54, 1.807) is 19.2 Å². The standard InChI is InChI=1S/C13H17BrN2O2/c1-4-16(8-12(17)15-3)13(18)10-6-5-9(2)11(14)7-10/h5-7H,4,8H2,1-3H3,(H,15,17). The summed E-state index contributed by atoms with van der Waals surface area (Å²) in [5, 5.41) is 2.51. The Morgan fingerprint density at radius 3 is 2.56 bits per heavy atom. The van der Waals surface area contributed by atoms with Gasteiger partial charge in [0, 0.05) is 23.6 Å². The molecule has 98 valence electrons. The molecule has 0 aromatic heterocycles. The highest BCUT2D eigenvalue weighted by Gasteiger charge is 2.17. The van der Waals surface area contributed by atoms with E-state index >= 15 is 0 Å². The van der Waals surface area contributed by atoms with Crippen molar-refractivity contribution in [2.75, 3.05) is 20.1 Å². The van der Waals surface area contributed by atoms with Gasteiger partial charge in [0.05, 0.1) is 6.54 Å². The summed E-state index contributed by atoms with van der Waals surface area (Å²) in [7, 11) is 1.56. The molecular formula is C13H17BrN2O2. The summed E-state index contributed by atoms with van der Waals surface area (Å²) in [6.45, 7) is 4.39. The Labute approximate surface area is 115 Å². The van der Waals surface area contributed by atoms with Crippen LogP contribution < -0.4 is 5.32 Å². The van der Waals surface area contributed by atoms with Gasteiger partial charge in [-0.2, -0.15) is 0 Å². The minimum atomic E-state index is -0.170. The average molecular weight is 313 g/mol. The predicted molar refractivity (Wildman–Crippen MR) is 74.5 cm³/mol. The van der Waals surface area contributed by atoms with Crippen LogP contribution in [0.5, 0.6) is 0 Å². The smallest absolute Gasteiger partial charge is 0.254 e. The SMILES string of the molecule is CCN(CC(=O)NC)C(=O)c1ccc(C)c(Br)c1. The van der Waals surface area contributed by atoms with Gasteiger partial charge in [-0.3, -0.25) is 9.59 Å². The largest absolute Gasteiger partial charge is 0.358 e. The number of nitrogens with zero attached hydrogens (tertiary/aromatic N) is 1. The van der Waals surface area contributed by atoms with Crippen LogP contribution in [0.25, 0.3) is 0 Å². The Kier molecular flexibility index (Phi) is 5.34. The molecule has 1 rings (SSSR count). The number of hydrogen-bond acceptors (Lipinski definition) is 2. The molecule has 0 bridgehead atoms. The Hall–Kier alpha value is -1.36. The van der Waals surface area contributed by atoms with Crippen molar-refractivity contribution in [3.63, 3.8) is 0 Å². The van der Waals surface area contributed by atoms with E-state index in [4.69, 9.17) is 0 Å². The quantitative estimate of drug-likeness (QED) is 0.924. The van der Waals surface area contributed by atoms with Crippen LogP contribution in [0.2, 0.25) is 0 Å². The first-order chi connectivity index (χ1) is 8.49. The van der Waals surface area contributed by atoms with Crippen LogP contribution in [0.3, 0.4) is 0 Å². The number of likely N-dealkylation sites (N-methyl/N-ethyl adjacent to an activating group) is 2. The molecular weight excluding hydrogens is 296 g/mol. The second-order valence-corrected chi connectivity index (χ2v) is 4.81. The molecule has 0 aliphatic heterocycles. The Bertz CT molecular complexity index is 460. The number of carbonyl (C=O) groups excluding carboxylic acids is 2. The van der Waals surface area contributed by atoms with Crippen LogP contribution >= 0.6 is 15.9 Å². The minimum Gasteiger partial charge on any atom is -0.358 e. The highest BCUT2D eigenvalue weighted by molar-refractivity contribution is 9.10. The van der Waals surface area contributed by atoms with Crippen molar-refractivity contribution in [1.82, 2.24) is 10.2 Å². The Morgan fingerprint density at radius 2 is 2.06 bits per heavy atom. The molecule has 18 heavy (non-hydrogen) atoms. The maximum Gasteiger partial charge on any atom is 0.254 e. The molecule has 0 aliphatic carbocycles. The zero-order valence-corrected chi connectivity index (χ0v) is 12.4. The fourth-order valence-corrected chi connectivity index (χ4v) is 1.87. The Morgan fingerprint density at radius 1 is 1.39 bits per heavy atom. The Balaban J connectivity index is 2.89. The normalized spacial score (nSPS) is 10.0. The highest BCUT2D eigenvalue weighted by Crippen LogP contribution is 2.18. The summed E-state index contributed by atoms with van der Waals surface area (Å²) in [5.74, 6) is -0.307. The molecule has 0 heterocycles. The van der Waals surface area contributed by atoms with Crippen molar-refractivity contribution >= 4 is 27.7 Å². The van der Waals surface area contributed by atoms with Gasteiger partial charge >= 0.3 is 0 Å². The van der Waals surface area contributed by atoms with Crippen LogP contribution in [-0.2, 0) is 4.79 Å². The number of benzene rings is 1. The third-order valence-electron chi connectivity index (χ3n) is 2.70. The lowest BCUT2D eigenvalue weighted by Crippen LogP contribution is -2.39. The van der Waals surface area contributed by atoms with E-state index in [9.17, 15) is 9.59 Å². The molecule has 0 aliphatic rings. The molecule has 1 aromatic rings. The second kappa shape index (κ2) is 6.54. The van der Waals surface area contributed by atoms with Gasteiger partial charge in [0.15, 0.2) is 0 Å². The van der Waals surface area contributed by atoms with E-state index < -0.39 is 0 Å². The number of nitrogens with one attached hydrogen (secondary N) is 1. The molecule has 4 nitrogen and oxygen atoms in total. The van der Waals surface area contributed by atoms with Gasteiger partial charge in [-0.05, 0) is 31.5 Å². The predicted octanol–water partition coefficient (Wildman–Crippen LogP) is 1.97. The summed E-state index contributed by atoms with van der Waals surface area (Å²) in [6, 6.07) is 5.43. The molecule has 5 heteroatoms. The van der Waals surface area contributed by atoms with Crippen molar-refractivity contribution in [3.05, 3.63) is 33.8 Å². The molecule has 0 fully saturated rings. The van der Waals surface area contributed by atoms with Gasteiger partial charge < -0.3 is 10.2 Å². The minimum absolute atomic E-state index is 0.0807. The number of aryl methyl sites for hydroxylation is 1. The molecule has 2 amide bonds. The molecule has 0 saturated heterocycles. The number of hydrogen-bond donors (Lipinski definition) is 1. The summed E-state index contributed by atoms with van der Waals surface area (Å²) < 4.78 is 0.893. The summed E-state index contributed by atoms with van der Waals surface area (Å²) in [4.78, 5) is 25.0. The molecule has 0 radical (unpaired) electrons. The van der Waals surface area contributed by atoms with Crippen molar-refractivity contribution in [2.24, 2.45) is 0 Å². The van der Waals surface area contributed by atoms with Gasteiger partial charge in [0.25, 0.3) is 5.91 Å². The van der Waals surface area contributed by atoms with Crippen molar-refractivity contribution in [1.29, 1.82) is 0 Å². The first-order valence-electron chi connectivity index (χ1n) is 5.75. The van der Waals surface area contributed by atoms with Crippen LogP contribution in [0.15, 0.2) is 22.7 Å². The first kappa shape index (κ1) is 14.7. The number of rotatable bonds is 4. The van der Waals surface area contributed by atoms with E-state index in [2.05, 4.69) is 21.2 Å². The summed E-state index contributed by atoms with van der Waals surface area (Å²) >= 11 is 3.40. The van der Waals surface area contributed by atoms with Gasteiger partial charge in [0.1, 0.15) is 0 Å². The monoisotopic (exact) mass is 312 g/mol. The highest BCUT2D eigenvalue weighted by atomic mass is 79.9. The van der Waals surface area contributed by atoms with E-state index in [1.165, 1.54) is 4.90 Å². The molecule has 0 saturated carbocycles. The lowest BCUT2D eigenvalue weighted by atomic mass is 10.1. The van der Waals surface area contributed by atoms with Gasteiger partial charge in [0.2, 0.25) is 5.91 Å². The number of carbonyl (C=O) groups is 2. The van der Waals surface area contributed by atoms with E-state index in [0.29, 0.717) is 12.1 Å². The lowest BCUT2D eigenvalue weighted by molar-refractivity contribution is -0.121. The van der Waals surface area contributed by atoms with Gasteiger partial charge in [-0.1, -0.05) is 22.0 Å². The van der Waals surface area contributed by atoms with Crippen molar-refractivity contribution in [3.8, 4) is 0 Å². The summed E-state index contributed by atoms with van der Waals surface area (Å²) in [6.07, 6.45) is 0. The molecule has 1 aromatic carbocycles. The van der Waals surface area contributed by atoms with Gasteiger partial charge in [-0.25, -0.2) is 0 Å². The maximum atomic E-state index is 12.2. The lowest BCUT2D eigenvalue weighted by Gasteiger charge is -2.20. The second-order valence-electron chi connectivity index (χ2n) is 3.96. The zero-order chi connectivity index (χ0) is 13.7. The fraction of sp³-hybridized carbons (Fsp3) is 0.385. The molecule has 0 spiro atoms. The average Bonchev–Trinajstić information content (AvgIpc) is 2.38. The fourth-order valence-electron chi connectivity index (χ4n) is 1.49. The molecule has 1 N–H and O–H groups in total. The van der Waals surface area contributed by atoms with Crippen molar-refractivity contribution in [2.45, 2.75) is 13.8 Å². The van der Waals surface area contributed by atoms with Crippen LogP contribution in [0, 0.1) is 6.92 Å².